The second-order valence-electron chi connectivity index (χ2n) is 1.58. The molecule has 1 fully saturated rings. The molecule has 1 aliphatic rings. The highest BCUT2D eigenvalue weighted by Gasteiger charge is 2.35. The number of hydrogen-bond donors (Lipinski definition) is 2. The van der Waals surface area contributed by atoms with Crippen molar-refractivity contribution in [3.05, 3.63) is 0 Å². The van der Waals surface area contributed by atoms with Gasteiger partial charge in [-0.1, -0.05) is 4.24 Å². The summed E-state index contributed by atoms with van der Waals surface area (Å²) in [6.45, 7) is 0.565. The van der Waals surface area contributed by atoms with E-state index in [2.05, 4.69) is 0 Å². The molecule has 0 aromatic heterocycles. The summed E-state index contributed by atoms with van der Waals surface area (Å²) in [5, 5.41) is 10.4. The van der Waals surface area contributed by atoms with E-state index in [1.54, 1.807) is 0 Å². The van der Waals surface area contributed by atoms with Gasteiger partial charge in [0.1, 0.15) is 0 Å². The van der Waals surface area contributed by atoms with Gasteiger partial charge in [-0.15, -0.1) is 0 Å². The third-order valence-corrected chi connectivity index (χ3v) is 8.37. The highest BCUT2D eigenvalue weighted by molar-refractivity contribution is 8.89. The van der Waals surface area contributed by atoms with Gasteiger partial charge in [0.2, 0.25) is 0 Å². The summed E-state index contributed by atoms with van der Waals surface area (Å²) in [5.74, 6) is 0.797. The Morgan fingerprint density at radius 3 is 2.55 bits per heavy atom. The molecule has 0 atom stereocenters. The van der Waals surface area contributed by atoms with Gasteiger partial charge in [-0.25, -0.2) is 0 Å². The third kappa shape index (κ3) is 2.28. The molecule has 0 spiro atoms. The van der Waals surface area contributed by atoms with Crippen molar-refractivity contribution in [2.24, 2.45) is 10.3 Å². The highest BCUT2D eigenvalue weighted by atomic mass is 33.1. The Balaban J connectivity index is 2.60. The van der Waals surface area contributed by atoms with E-state index < -0.39 is 5.70 Å². The first-order valence-electron chi connectivity index (χ1n) is 2.66. The van der Waals surface area contributed by atoms with Crippen LogP contribution in [0.25, 0.3) is 0 Å². The largest absolute Gasteiger partial charge is 0.317 e. The van der Waals surface area contributed by atoms with Crippen LogP contribution in [0, 0.1) is 0 Å². The molecule has 0 unspecified atom stereocenters. The zero-order valence-electron chi connectivity index (χ0n) is 5.50. The molecular formula is C2H8N3O2PS3. The fraction of sp³-hybridized carbons (Fsp3) is 1.00. The summed E-state index contributed by atoms with van der Waals surface area (Å²) in [6, 6.07) is 0. The van der Waals surface area contributed by atoms with E-state index in [4.69, 9.17) is 15.1 Å². The van der Waals surface area contributed by atoms with Crippen LogP contribution in [-0.2, 0) is 9.40 Å². The van der Waals surface area contributed by atoms with Crippen molar-refractivity contribution in [2.45, 2.75) is 0 Å². The molecule has 1 rings (SSSR count). The van der Waals surface area contributed by atoms with Gasteiger partial charge < -0.3 is 0 Å². The van der Waals surface area contributed by atoms with E-state index in [1.165, 1.54) is 16.2 Å². The predicted octanol–water partition coefficient (Wildman–Crippen LogP) is 1.20. The van der Waals surface area contributed by atoms with E-state index in [0.717, 1.165) is 28.9 Å². The van der Waals surface area contributed by atoms with Gasteiger partial charge in [-0.3, -0.25) is 19.7 Å². The van der Waals surface area contributed by atoms with Crippen LogP contribution < -0.4 is 10.3 Å². The Bertz CT molecular complexity index is 166. The van der Waals surface area contributed by atoms with Crippen molar-refractivity contribution in [3.63, 3.8) is 0 Å². The maximum Gasteiger partial charge on any atom is 0.317 e. The van der Waals surface area contributed by atoms with Crippen LogP contribution in [0.15, 0.2) is 0 Å². The van der Waals surface area contributed by atoms with E-state index in [9.17, 15) is 4.57 Å². The molecule has 0 amide bonds. The van der Waals surface area contributed by atoms with Gasteiger partial charge in [0.15, 0.2) is 0 Å². The molecule has 0 radical (unpaired) electrons. The van der Waals surface area contributed by atoms with Crippen molar-refractivity contribution in [1.82, 2.24) is 4.24 Å². The molecule has 0 saturated carbocycles. The van der Waals surface area contributed by atoms with Crippen molar-refractivity contribution in [2.75, 3.05) is 12.4 Å². The molecule has 11 heavy (non-hydrogen) atoms. The van der Waals surface area contributed by atoms with Crippen LogP contribution in [0.1, 0.15) is 0 Å². The van der Waals surface area contributed by atoms with Gasteiger partial charge in [0.05, 0.1) is 6.61 Å². The highest BCUT2D eigenvalue weighted by Crippen LogP contribution is 2.70. The summed E-state index contributed by atoms with van der Waals surface area (Å²) >= 11 is 2.83. The Hall–Kier alpha value is 1.12. The summed E-state index contributed by atoms with van der Waals surface area (Å²) in [4.78, 5) is 5.03. The quantitative estimate of drug-likeness (QED) is 0.556. The molecule has 0 bridgehead atoms. The smallest absolute Gasteiger partial charge is 0.279 e. The van der Waals surface area contributed by atoms with Gasteiger partial charge in [0.25, 0.3) is 0 Å². The Kier molecular flexibility index (Phi) is 4.06. The molecule has 1 aliphatic heterocycles. The van der Waals surface area contributed by atoms with Crippen molar-refractivity contribution >= 4 is 40.8 Å². The maximum atomic E-state index is 11.6. The maximum absolute atomic E-state index is 11.6. The summed E-state index contributed by atoms with van der Waals surface area (Å²) in [6.07, 6.45) is 0. The minimum atomic E-state index is -2.77. The molecular weight excluding hydrogens is 225 g/mol. The Morgan fingerprint density at radius 2 is 2.18 bits per heavy atom. The summed E-state index contributed by atoms with van der Waals surface area (Å²) in [7, 11) is 0. The lowest BCUT2D eigenvalue weighted by Gasteiger charge is -2.18. The van der Waals surface area contributed by atoms with Crippen molar-refractivity contribution in [3.8, 4) is 0 Å². The SMILES string of the molecule is NSP(=O)(SN)N1OCCS1. The number of rotatable bonds is 3. The fourth-order valence-corrected chi connectivity index (χ4v) is 5.09. The topological polar surface area (TPSA) is 81.6 Å². The van der Waals surface area contributed by atoms with Crippen LogP contribution in [0.2, 0.25) is 0 Å². The van der Waals surface area contributed by atoms with Crippen molar-refractivity contribution in [1.29, 1.82) is 0 Å². The Labute approximate surface area is 77.2 Å². The zero-order valence-corrected chi connectivity index (χ0v) is 8.85. The van der Waals surface area contributed by atoms with E-state index in [1.807, 2.05) is 0 Å². The molecule has 5 nitrogen and oxygen atoms in total. The molecule has 9 heteroatoms. The van der Waals surface area contributed by atoms with Gasteiger partial charge in [-0.2, -0.15) is 0 Å². The molecule has 4 N–H and O–H groups in total. The predicted molar refractivity (Wildman–Crippen MR) is 51.4 cm³/mol. The monoisotopic (exact) mass is 233 g/mol. The van der Waals surface area contributed by atoms with Crippen LogP contribution in [0.5, 0.6) is 0 Å². The van der Waals surface area contributed by atoms with Crippen LogP contribution in [0.4, 0.5) is 0 Å². The minimum Gasteiger partial charge on any atom is -0.279 e. The lowest BCUT2D eigenvalue weighted by molar-refractivity contribution is 0.0234. The molecule has 0 aromatic carbocycles. The Morgan fingerprint density at radius 1 is 1.55 bits per heavy atom. The molecule has 1 heterocycles. The molecule has 66 valence electrons. The average Bonchev–Trinajstić information content (AvgIpc) is 2.55. The standard InChI is InChI=1S/C2H8N3O2PS3/c3-10-8(6,11-4)5-7-1-2-9-5/h1-4H2. The number of hydrogen-bond acceptors (Lipinski definition) is 7. The van der Waals surface area contributed by atoms with E-state index in [-0.39, 0.29) is 0 Å². The summed E-state index contributed by atoms with van der Waals surface area (Å²) in [5.41, 5.74) is -2.77. The molecule has 0 aliphatic carbocycles. The van der Waals surface area contributed by atoms with E-state index >= 15 is 0 Å². The fourth-order valence-electron chi connectivity index (χ4n) is 0.511. The zero-order chi connectivity index (χ0) is 8.32. The van der Waals surface area contributed by atoms with Gasteiger partial charge in [-0.05, 0) is 11.9 Å². The van der Waals surface area contributed by atoms with Crippen LogP contribution >= 0.6 is 40.8 Å². The van der Waals surface area contributed by atoms with Crippen LogP contribution in [0.3, 0.4) is 0 Å². The van der Waals surface area contributed by atoms with E-state index in [0.29, 0.717) is 6.61 Å². The number of nitrogens with zero attached hydrogens (tertiary/aromatic N) is 1. The third-order valence-electron chi connectivity index (χ3n) is 0.953. The lowest BCUT2D eigenvalue weighted by Crippen LogP contribution is -2.05. The lowest BCUT2D eigenvalue weighted by atomic mass is 10.9. The average molecular weight is 233 g/mol. The first kappa shape index (κ1) is 10.2. The summed E-state index contributed by atoms with van der Waals surface area (Å²) < 4.78 is 12.9. The number of nitrogens with two attached hydrogens (primary N) is 2. The molecule has 0 aromatic rings. The second-order valence-corrected chi connectivity index (χ2v) is 9.50. The first-order valence-corrected chi connectivity index (χ1v) is 8.23. The van der Waals surface area contributed by atoms with Crippen molar-refractivity contribution < 1.29 is 9.40 Å². The van der Waals surface area contributed by atoms with Crippen LogP contribution in [-0.4, -0.2) is 16.6 Å². The van der Waals surface area contributed by atoms with Gasteiger partial charge in [0, 0.05) is 28.9 Å². The van der Waals surface area contributed by atoms with Gasteiger partial charge >= 0.3 is 5.70 Å². The first-order chi connectivity index (χ1) is 5.23. The minimum absolute atomic E-state index is 0.565. The molecule has 1 saturated heterocycles. The normalized spacial score (nSPS) is 20.9. The second kappa shape index (κ2) is 4.38.